The van der Waals surface area contributed by atoms with E-state index in [1.165, 1.54) is 11.3 Å². The molecule has 0 fully saturated rings. The number of carbonyl (C=O) groups excluding carboxylic acids is 1. The molecule has 0 aliphatic heterocycles. The van der Waals surface area contributed by atoms with Crippen molar-refractivity contribution in [2.45, 2.75) is 0 Å². The summed E-state index contributed by atoms with van der Waals surface area (Å²) < 4.78 is 5.37. The largest absolute Gasteiger partial charge is 0.383 e. The molecule has 1 rings (SSSR count). The summed E-state index contributed by atoms with van der Waals surface area (Å²) in [4.78, 5) is 11.2. The Balaban J connectivity index is 2.19. The van der Waals surface area contributed by atoms with Crippen LogP contribution in [-0.2, 0) is 9.53 Å². The van der Waals surface area contributed by atoms with Gasteiger partial charge in [0, 0.05) is 13.7 Å². The lowest BCUT2D eigenvalue weighted by molar-refractivity contribution is -0.119. The predicted octanol–water partition coefficient (Wildman–Crippen LogP) is 0.375. The number of nitrogens with zero attached hydrogens (tertiary/aromatic N) is 1. The Morgan fingerprint density at radius 2 is 2.53 bits per heavy atom. The summed E-state index contributed by atoms with van der Waals surface area (Å²) in [5, 5.41) is 12.6. The fraction of sp³-hybridized carbons (Fsp3) is 0.571. The smallest absolute Gasteiger partial charge is 0.239 e. The molecule has 1 amide bonds. The van der Waals surface area contributed by atoms with Crippen LogP contribution >= 0.6 is 23.6 Å². The van der Waals surface area contributed by atoms with Gasteiger partial charge in [-0.1, -0.05) is 11.3 Å². The van der Waals surface area contributed by atoms with Crippen molar-refractivity contribution >= 4 is 34.6 Å². The molecule has 0 saturated carbocycles. The Kier molecular flexibility index (Phi) is 5.22. The minimum absolute atomic E-state index is 0.104. The minimum atomic E-state index is -0.104. The third-order valence-corrected chi connectivity index (χ3v) is 2.51. The van der Waals surface area contributed by atoms with E-state index in [2.05, 4.69) is 20.8 Å². The van der Waals surface area contributed by atoms with E-state index in [1.54, 1.807) is 7.11 Å². The highest BCUT2D eigenvalue weighted by Crippen LogP contribution is 2.09. The number of rotatable bonds is 6. The lowest BCUT2D eigenvalue weighted by Crippen LogP contribution is -2.32. The fourth-order valence-electron chi connectivity index (χ4n) is 0.816. The van der Waals surface area contributed by atoms with Gasteiger partial charge in [0.15, 0.2) is 3.95 Å². The van der Waals surface area contributed by atoms with Crippen molar-refractivity contribution in [2.75, 3.05) is 32.1 Å². The maximum Gasteiger partial charge on any atom is 0.239 e. The van der Waals surface area contributed by atoms with Crippen LogP contribution in [0.4, 0.5) is 5.13 Å². The highest BCUT2D eigenvalue weighted by molar-refractivity contribution is 7.73. The topological polar surface area (TPSA) is 79.0 Å². The quantitative estimate of drug-likeness (QED) is 0.501. The Morgan fingerprint density at radius 3 is 3.13 bits per heavy atom. The van der Waals surface area contributed by atoms with Crippen LogP contribution in [0.1, 0.15) is 0 Å². The number of ether oxygens (including phenoxy) is 1. The van der Waals surface area contributed by atoms with E-state index >= 15 is 0 Å². The van der Waals surface area contributed by atoms with E-state index in [-0.39, 0.29) is 12.5 Å². The standard InChI is InChI=1S/C7H12N4O2S2/c1-13-3-2-8-5(12)4-9-6-10-11-7(14)15-6/h2-4H2,1H3,(H,8,12)(H,9,10)(H,11,14). The molecule has 0 spiro atoms. The van der Waals surface area contributed by atoms with Crippen LogP contribution in [-0.4, -0.2) is 42.9 Å². The van der Waals surface area contributed by atoms with Gasteiger partial charge in [0.2, 0.25) is 11.0 Å². The van der Waals surface area contributed by atoms with Crippen molar-refractivity contribution in [2.24, 2.45) is 0 Å². The first kappa shape index (κ1) is 12.1. The van der Waals surface area contributed by atoms with E-state index in [0.717, 1.165) is 0 Å². The van der Waals surface area contributed by atoms with Crippen LogP contribution in [0.25, 0.3) is 0 Å². The average Bonchev–Trinajstić information content (AvgIpc) is 2.62. The predicted molar refractivity (Wildman–Crippen MR) is 60.7 cm³/mol. The second-order valence-corrected chi connectivity index (χ2v) is 4.28. The molecule has 0 atom stereocenters. The molecule has 15 heavy (non-hydrogen) atoms. The van der Waals surface area contributed by atoms with Crippen LogP contribution in [0.2, 0.25) is 0 Å². The Hall–Kier alpha value is -0.990. The molecule has 6 nitrogen and oxygen atoms in total. The van der Waals surface area contributed by atoms with E-state index < -0.39 is 0 Å². The van der Waals surface area contributed by atoms with E-state index in [1.807, 2.05) is 0 Å². The number of anilines is 1. The molecule has 1 aromatic rings. The molecule has 3 N–H and O–H groups in total. The van der Waals surface area contributed by atoms with Crippen LogP contribution in [0, 0.1) is 3.95 Å². The van der Waals surface area contributed by atoms with Gasteiger partial charge >= 0.3 is 0 Å². The number of H-pyrrole nitrogens is 1. The van der Waals surface area contributed by atoms with E-state index in [0.29, 0.717) is 22.2 Å². The first-order chi connectivity index (χ1) is 7.22. The van der Waals surface area contributed by atoms with Crippen LogP contribution in [0.15, 0.2) is 0 Å². The van der Waals surface area contributed by atoms with Crippen LogP contribution in [0.3, 0.4) is 0 Å². The zero-order valence-electron chi connectivity index (χ0n) is 8.20. The summed E-state index contributed by atoms with van der Waals surface area (Å²) in [6, 6.07) is 0. The van der Waals surface area contributed by atoms with Gasteiger partial charge in [-0.25, -0.2) is 0 Å². The van der Waals surface area contributed by atoms with Gasteiger partial charge in [-0.05, 0) is 12.2 Å². The van der Waals surface area contributed by atoms with Crippen LogP contribution in [0.5, 0.6) is 0 Å². The Bertz CT molecular complexity index is 362. The van der Waals surface area contributed by atoms with Gasteiger partial charge in [-0.2, -0.15) is 0 Å². The van der Waals surface area contributed by atoms with Crippen LogP contribution < -0.4 is 10.6 Å². The summed E-state index contributed by atoms with van der Waals surface area (Å²) >= 11 is 6.13. The maximum atomic E-state index is 11.2. The summed E-state index contributed by atoms with van der Waals surface area (Å²) in [5.41, 5.74) is 0. The molecular weight excluding hydrogens is 236 g/mol. The molecule has 0 aromatic carbocycles. The first-order valence-electron chi connectivity index (χ1n) is 4.27. The monoisotopic (exact) mass is 248 g/mol. The molecular formula is C7H12N4O2S2. The fourth-order valence-corrected chi connectivity index (χ4v) is 1.60. The highest BCUT2D eigenvalue weighted by atomic mass is 32.1. The molecule has 0 aliphatic rings. The maximum absolute atomic E-state index is 11.2. The van der Waals surface area contributed by atoms with Gasteiger partial charge in [0.25, 0.3) is 0 Å². The van der Waals surface area contributed by atoms with Gasteiger partial charge < -0.3 is 15.4 Å². The zero-order valence-corrected chi connectivity index (χ0v) is 9.83. The molecule has 0 unspecified atom stereocenters. The number of hydrogen-bond donors (Lipinski definition) is 3. The number of aromatic nitrogens is 2. The SMILES string of the molecule is COCCNC(=O)CNc1n[nH]c(=S)s1. The first-order valence-corrected chi connectivity index (χ1v) is 5.50. The lowest BCUT2D eigenvalue weighted by atomic mass is 10.5. The average molecular weight is 248 g/mol. The van der Waals surface area contributed by atoms with Crippen molar-refractivity contribution < 1.29 is 9.53 Å². The Labute approximate surface area is 96.0 Å². The number of amides is 1. The van der Waals surface area contributed by atoms with E-state index in [4.69, 9.17) is 17.0 Å². The third kappa shape index (κ3) is 4.86. The van der Waals surface area contributed by atoms with Gasteiger partial charge in [0.05, 0.1) is 13.2 Å². The highest BCUT2D eigenvalue weighted by Gasteiger charge is 2.01. The number of hydrogen-bond acceptors (Lipinski definition) is 6. The normalized spacial score (nSPS) is 9.93. The molecule has 1 heterocycles. The molecule has 0 bridgehead atoms. The molecule has 0 saturated heterocycles. The van der Waals surface area contributed by atoms with Crippen molar-refractivity contribution in [3.63, 3.8) is 0 Å². The van der Waals surface area contributed by atoms with Gasteiger partial charge in [-0.3, -0.25) is 9.89 Å². The van der Waals surface area contributed by atoms with Crippen molar-refractivity contribution in [1.82, 2.24) is 15.5 Å². The Morgan fingerprint density at radius 1 is 1.73 bits per heavy atom. The second-order valence-electron chi connectivity index (χ2n) is 2.61. The van der Waals surface area contributed by atoms with E-state index in [9.17, 15) is 4.79 Å². The van der Waals surface area contributed by atoms with Crippen molar-refractivity contribution in [3.8, 4) is 0 Å². The molecule has 1 aromatic heterocycles. The molecule has 0 aliphatic carbocycles. The number of aromatic amines is 1. The number of methoxy groups -OCH3 is 1. The third-order valence-electron chi connectivity index (χ3n) is 1.47. The molecule has 0 radical (unpaired) electrons. The van der Waals surface area contributed by atoms with Crippen molar-refractivity contribution in [3.05, 3.63) is 3.95 Å². The van der Waals surface area contributed by atoms with Gasteiger partial charge in [-0.15, -0.1) is 5.10 Å². The zero-order chi connectivity index (χ0) is 11.1. The summed E-state index contributed by atoms with van der Waals surface area (Å²) in [6.07, 6.45) is 0. The van der Waals surface area contributed by atoms with Crippen molar-refractivity contribution in [1.29, 1.82) is 0 Å². The summed E-state index contributed by atoms with van der Waals surface area (Å²) in [7, 11) is 1.58. The minimum Gasteiger partial charge on any atom is -0.383 e. The number of nitrogens with one attached hydrogen (secondary N) is 3. The van der Waals surface area contributed by atoms with Gasteiger partial charge in [0.1, 0.15) is 0 Å². The molecule has 84 valence electrons. The summed E-state index contributed by atoms with van der Waals surface area (Å²) in [6.45, 7) is 1.19. The lowest BCUT2D eigenvalue weighted by Gasteiger charge is -2.04. The molecule has 8 heteroatoms. The second kappa shape index (κ2) is 6.49. The summed E-state index contributed by atoms with van der Waals surface area (Å²) in [5.74, 6) is -0.104. The number of carbonyl (C=O) groups is 1.